The summed E-state index contributed by atoms with van der Waals surface area (Å²) in [5.41, 5.74) is 0.931. The molecule has 1 aliphatic heterocycles. The third-order valence-electron chi connectivity index (χ3n) is 5.50. The zero-order valence-electron chi connectivity index (χ0n) is 17.7. The van der Waals surface area contributed by atoms with E-state index in [2.05, 4.69) is 4.98 Å². The number of aryl methyl sites for hydroxylation is 1. The topological polar surface area (TPSA) is 84.7 Å². The summed E-state index contributed by atoms with van der Waals surface area (Å²) in [4.78, 5) is 31.6. The molecule has 1 N–H and O–H groups in total. The van der Waals surface area contributed by atoms with Crippen molar-refractivity contribution in [1.82, 2.24) is 14.5 Å². The lowest BCUT2D eigenvalue weighted by molar-refractivity contribution is -0.139. The van der Waals surface area contributed by atoms with Crippen molar-refractivity contribution in [3.8, 4) is 5.75 Å². The fourth-order valence-electron chi connectivity index (χ4n) is 3.95. The van der Waals surface area contributed by atoms with Crippen molar-refractivity contribution < 1.29 is 19.4 Å². The number of aromatic nitrogens is 2. The number of carbonyl (C=O) groups excluding carboxylic acids is 2. The largest absolute Gasteiger partial charge is 0.507 e. The first-order valence-electron chi connectivity index (χ1n) is 10.2. The number of aliphatic hydroxyl groups is 1. The molecule has 1 atom stereocenters. The Labute approximate surface area is 200 Å². The van der Waals surface area contributed by atoms with Crippen LogP contribution in [0.2, 0.25) is 10.0 Å². The van der Waals surface area contributed by atoms with Crippen LogP contribution in [0.1, 0.15) is 23.6 Å². The summed E-state index contributed by atoms with van der Waals surface area (Å²) in [5, 5.41) is 11.9. The fraction of sp³-hybridized carbons (Fsp3) is 0.208. The summed E-state index contributed by atoms with van der Waals surface area (Å²) >= 11 is 12.4. The number of benzene rings is 2. The van der Waals surface area contributed by atoms with Gasteiger partial charge in [0.15, 0.2) is 0 Å². The average Bonchev–Trinajstić information content (AvgIpc) is 3.41. The van der Waals surface area contributed by atoms with Crippen molar-refractivity contribution in [1.29, 1.82) is 0 Å². The van der Waals surface area contributed by atoms with E-state index in [1.165, 1.54) is 18.1 Å². The van der Waals surface area contributed by atoms with Gasteiger partial charge in [0.2, 0.25) is 0 Å². The molecule has 1 aromatic heterocycles. The molecule has 3 aromatic rings. The van der Waals surface area contributed by atoms with E-state index in [1.807, 2.05) is 10.8 Å². The molecule has 1 aliphatic rings. The van der Waals surface area contributed by atoms with E-state index in [0.29, 0.717) is 41.4 Å². The predicted molar refractivity (Wildman–Crippen MR) is 125 cm³/mol. The van der Waals surface area contributed by atoms with Gasteiger partial charge in [-0.25, -0.2) is 4.98 Å². The van der Waals surface area contributed by atoms with Gasteiger partial charge >= 0.3 is 0 Å². The Morgan fingerprint density at radius 3 is 2.64 bits per heavy atom. The second-order valence-corrected chi connectivity index (χ2v) is 8.39. The maximum Gasteiger partial charge on any atom is 0.295 e. The number of rotatable bonds is 7. The maximum atomic E-state index is 13.1. The Hall–Kier alpha value is -3.29. The van der Waals surface area contributed by atoms with Gasteiger partial charge in [-0.05, 0) is 42.3 Å². The Kier molecular flexibility index (Phi) is 6.72. The minimum Gasteiger partial charge on any atom is -0.507 e. The van der Waals surface area contributed by atoms with E-state index in [-0.39, 0.29) is 16.4 Å². The molecule has 0 radical (unpaired) electrons. The number of ketones is 1. The molecule has 1 fully saturated rings. The van der Waals surface area contributed by atoms with E-state index in [1.54, 1.807) is 48.9 Å². The summed E-state index contributed by atoms with van der Waals surface area (Å²) < 4.78 is 7.05. The number of aliphatic hydroxyl groups excluding tert-OH is 1. The van der Waals surface area contributed by atoms with Gasteiger partial charge in [-0.1, -0.05) is 35.3 Å². The average molecular weight is 486 g/mol. The van der Waals surface area contributed by atoms with Gasteiger partial charge < -0.3 is 19.3 Å². The quantitative estimate of drug-likeness (QED) is 0.297. The summed E-state index contributed by atoms with van der Waals surface area (Å²) in [6.45, 7) is 0.930. The molecular weight excluding hydrogens is 465 g/mol. The van der Waals surface area contributed by atoms with Crippen molar-refractivity contribution in [2.75, 3.05) is 13.7 Å². The number of halogens is 2. The summed E-state index contributed by atoms with van der Waals surface area (Å²) in [7, 11) is 1.48. The molecule has 1 saturated heterocycles. The number of methoxy groups -OCH3 is 1. The maximum absolute atomic E-state index is 13.1. The molecular formula is C24H21Cl2N3O4. The molecule has 0 bridgehead atoms. The van der Waals surface area contributed by atoms with Crippen LogP contribution in [-0.2, 0) is 16.1 Å². The van der Waals surface area contributed by atoms with E-state index in [9.17, 15) is 14.7 Å². The summed E-state index contributed by atoms with van der Waals surface area (Å²) in [6.07, 6.45) is 5.79. The van der Waals surface area contributed by atoms with Crippen molar-refractivity contribution in [2.45, 2.75) is 19.0 Å². The van der Waals surface area contributed by atoms with Gasteiger partial charge in [0, 0.05) is 36.1 Å². The monoisotopic (exact) mass is 485 g/mol. The van der Waals surface area contributed by atoms with Crippen molar-refractivity contribution in [2.24, 2.45) is 0 Å². The molecule has 1 unspecified atom stereocenters. The molecule has 0 saturated carbocycles. The molecule has 9 heteroatoms. The Bertz CT molecular complexity index is 1220. The Balaban J connectivity index is 1.75. The van der Waals surface area contributed by atoms with Gasteiger partial charge in [-0.3, -0.25) is 9.59 Å². The normalized spacial score (nSPS) is 17.5. The van der Waals surface area contributed by atoms with Crippen LogP contribution in [0.25, 0.3) is 5.76 Å². The van der Waals surface area contributed by atoms with Crippen LogP contribution in [0.5, 0.6) is 5.75 Å². The highest BCUT2D eigenvalue weighted by Crippen LogP contribution is 2.40. The van der Waals surface area contributed by atoms with Gasteiger partial charge in [0.1, 0.15) is 11.5 Å². The molecule has 7 nitrogen and oxygen atoms in total. The van der Waals surface area contributed by atoms with Crippen LogP contribution in [0.4, 0.5) is 0 Å². The molecule has 0 spiro atoms. The minimum absolute atomic E-state index is 0.00821. The van der Waals surface area contributed by atoms with E-state index in [0.717, 1.165) is 0 Å². The fourth-order valence-corrected chi connectivity index (χ4v) is 4.40. The lowest BCUT2D eigenvalue weighted by Crippen LogP contribution is -2.31. The van der Waals surface area contributed by atoms with Crippen molar-refractivity contribution >= 4 is 40.7 Å². The van der Waals surface area contributed by atoms with Crippen LogP contribution in [0, 0.1) is 0 Å². The number of ether oxygens (including phenoxy) is 1. The zero-order chi connectivity index (χ0) is 23.5. The number of hydrogen-bond donors (Lipinski definition) is 1. The van der Waals surface area contributed by atoms with E-state index >= 15 is 0 Å². The summed E-state index contributed by atoms with van der Waals surface area (Å²) in [6, 6.07) is 10.8. The lowest BCUT2D eigenvalue weighted by Gasteiger charge is -2.25. The molecule has 2 aromatic carbocycles. The Morgan fingerprint density at radius 2 is 1.97 bits per heavy atom. The number of likely N-dealkylation sites (tertiary alicyclic amines) is 1. The van der Waals surface area contributed by atoms with Gasteiger partial charge in [-0.2, -0.15) is 0 Å². The number of imidazole rings is 1. The molecule has 170 valence electrons. The highest BCUT2D eigenvalue weighted by molar-refractivity contribution is 6.46. The second kappa shape index (κ2) is 9.68. The smallest absolute Gasteiger partial charge is 0.295 e. The van der Waals surface area contributed by atoms with Gasteiger partial charge in [0.25, 0.3) is 11.7 Å². The standard InChI is InChI=1S/C24H21Cl2N3O4/c1-33-19-7-6-16(13-18(19)26)22(30)20-21(15-4-2-5-17(25)12-15)29(24(32)23(20)31)10-3-9-28-11-8-27-14-28/h2,4-8,11-14,21,30H,3,9-10H2,1H3. The number of Topliss-reactive ketones (excluding diaryl/α,β-unsaturated/α-hetero) is 1. The number of carbonyl (C=O) groups is 2. The number of amides is 1. The predicted octanol–water partition coefficient (Wildman–Crippen LogP) is 4.71. The van der Waals surface area contributed by atoms with E-state index < -0.39 is 17.7 Å². The van der Waals surface area contributed by atoms with Crippen LogP contribution < -0.4 is 4.74 Å². The molecule has 2 heterocycles. The number of nitrogens with zero attached hydrogens (tertiary/aromatic N) is 3. The van der Waals surface area contributed by atoms with Gasteiger partial charge in [0.05, 0.1) is 30.1 Å². The SMILES string of the molecule is COc1ccc(C(O)=C2C(=O)C(=O)N(CCCn3ccnc3)C2c2cccc(Cl)c2)cc1Cl. The van der Waals surface area contributed by atoms with E-state index in [4.69, 9.17) is 27.9 Å². The van der Waals surface area contributed by atoms with Crippen LogP contribution >= 0.6 is 23.2 Å². The lowest BCUT2D eigenvalue weighted by atomic mass is 9.95. The molecule has 1 amide bonds. The highest BCUT2D eigenvalue weighted by atomic mass is 35.5. The van der Waals surface area contributed by atoms with Crippen LogP contribution in [-0.4, -0.2) is 44.9 Å². The third-order valence-corrected chi connectivity index (χ3v) is 6.03. The van der Waals surface area contributed by atoms with Crippen molar-refractivity contribution in [3.05, 3.63) is 87.9 Å². The first-order valence-corrected chi connectivity index (χ1v) is 11.0. The van der Waals surface area contributed by atoms with Gasteiger partial charge in [-0.15, -0.1) is 0 Å². The molecule has 33 heavy (non-hydrogen) atoms. The van der Waals surface area contributed by atoms with Crippen LogP contribution in [0.15, 0.2) is 66.8 Å². The molecule has 0 aliphatic carbocycles. The second-order valence-electron chi connectivity index (χ2n) is 7.55. The zero-order valence-corrected chi connectivity index (χ0v) is 19.3. The molecule has 4 rings (SSSR count). The highest BCUT2D eigenvalue weighted by Gasteiger charge is 2.45. The summed E-state index contributed by atoms with van der Waals surface area (Å²) in [5.74, 6) is -1.31. The number of hydrogen-bond acceptors (Lipinski definition) is 5. The first kappa shape index (κ1) is 22.9. The third kappa shape index (κ3) is 4.60. The Morgan fingerprint density at radius 1 is 1.15 bits per heavy atom. The van der Waals surface area contributed by atoms with Crippen molar-refractivity contribution in [3.63, 3.8) is 0 Å². The minimum atomic E-state index is -0.785. The van der Waals surface area contributed by atoms with Crippen LogP contribution in [0.3, 0.4) is 0 Å². The first-order chi connectivity index (χ1) is 15.9.